The van der Waals surface area contributed by atoms with Crippen LogP contribution in [0.1, 0.15) is 62.1 Å². The van der Waals surface area contributed by atoms with Gasteiger partial charge in [-0.1, -0.05) is 45.7 Å². The van der Waals surface area contributed by atoms with E-state index < -0.39 is 25.5 Å². The van der Waals surface area contributed by atoms with Crippen LogP contribution in [-0.4, -0.2) is 128 Å². The highest BCUT2D eigenvalue weighted by Crippen LogP contribution is 2.39. The fourth-order valence-corrected chi connectivity index (χ4v) is 12.4. The number of carbonyl (C=O) groups excluding carboxylic acids is 1. The summed E-state index contributed by atoms with van der Waals surface area (Å²) in [6, 6.07) is 20.4. The lowest BCUT2D eigenvalue weighted by Gasteiger charge is -2.50. The monoisotopic (exact) mass is 990 g/mol. The van der Waals surface area contributed by atoms with Crippen LogP contribution in [0.15, 0.2) is 91.5 Å². The van der Waals surface area contributed by atoms with Crippen molar-refractivity contribution >= 4 is 75.7 Å². The molecule has 3 N–H and O–H groups in total. The quantitative estimate of drug-likeness (QED) is 0.0952. The van der Waals surface area contributed by atoms with Gasteiger partial charge >= 0.3 is 0 Å². The highest BCUT2D eigenvalue weighted by molar-refractivity contribution is 7.65. The third kappa shape index (κ3) is 9.22. The number of para-hydroxylation sites is 1. The van der Waals surface area contributed by atoms with Gasteiger partial charge in [-0.15, -0.1) is 5.10 Å². The number of aryl methyl sites for hydroxylation is 2. The molecule has 1 amide bonds. The Kier molecular flexibility index (Phi) is 13.3. The summed E-state index contributed by atoms with van der Waals surface area (Å²) in [7, 11) is -0.578. The molecule has 0 radical (unpaired) electrons. The van der Waals surface area contributed by atoms with Crippen molar-refractivity contribution in [1.82, 2.24) is 50.0 Å². The predicted octanol–water partition coefficient (Wildman–Crippen LogP) is 8.39. The van der Waals surface area contributed by atoms with Crippen molar-refractivity contribution < 1.29 is 13.6 Å². The summed E-state index contributed by atoms with van der Waals surface area (Å²) in [4.78, 5) is 41.0. The molecule has 72 heavy (non-hydrogen) atoms. The number of carbonyl (C=O) groups is 1. The van der Waals surface area contributed by atoms with Crippen LogP contribution < -0.4 is 31.1 Å². The molecule has 7 aromatic rings. The topological polar surface area (TPSA) is 148 Å². The largest absolute Gasteiger partial charge is 0.371 e. The molecule has 18 heteroatoms. The zero-order valence-corrected chi connectivity index (χ0v) is 42.3. The summed E-state index contributed by atoms with van der Waals surface area (Å²) in [6.45, 7) is 20.2. The number of nitrogens with one attached hydrogen (secondary N) is 3. The Morgan fingerprint density at radius 1 is 0.764 bits per heavy atom. The van der Waals surface area contributed by atoms with Crippen LogP contribution >= 0.6 is 7.92 Å². The van der Waals surface area contributed by atoms with E-state index in [2.05, 4.69) is 103 Å². The maximum atomic E-state index is 15.4. The van der Waals surface area contributed by atoms with Crippen molar-refractivity contribution in [2.45, 2.75) is 70.4 Å². The molecule has 372 valence electrons. The fourth-order valence-electron chi connectivity index (χ4n) is 11.2. The van der Waals surface area contributed by atoms with Gasteiger partial charge in [-0.05, 0) is 105 Å². The molecule has 0 bridgehead atoms. The van der Waals surface area contributed by atoms with Gasteiger partial charge < -0.3 is 25.8 Å². The van der Waals surface area contributed by atoms with Crippen molar-refractivity contribution in [3.63, 3.8) is 0 Å². The minimum atomic E-state index is -0.578. The van der Waals surface area contributed by atoms with Crippen LogP contribution in [0, 0.1) is 11.6 Å². The van der Waals surface area contributed by atoms with Crippen molar-refractivity contribution in [2.75, 3.05) is 86.1 Å². The van der Waals surface area contributed by atoms with E-state index in [1.54, 1.807) is 23.3 Å². The SMILES string of the molecule is C=C1NC(=O)CCC1c1c(F)cc(N2CC(N3CCN(C4CCN(c5cc(CC)c(Nc6ncc(-n7nnc8ccccc87)c(Nc7ccc8nccnc8c7P(C)C)n6)cc5CC)CC4)CC3)C2)cc1F. The van der Waals surface area contributed by atoms with E-state index in [-0.39, 0.29) is 17.9 Å². The van der Waals surface area contributed by atoms with E-state index in [0.29, 0.717) is 47.3 Å². The van der Waals surface area contributed by atoms with Crippen molar-refractivity contribution in [3.05, 3.63) is 120 Å². The minimum absolute atomic E-state index is 0.00310. The predicted molar refractivity (Wildman–Crippen MR) is 284 cm³/mol. The third-order valence-electron chi connectivity index (χ3n) is 15.2. The maximum absolute atomic E-state index is 15.4. The highest BCUT2D eigenvalue weighted by Gasteiger charge is 2.37. The molecule has 4 aliphatic heterocycles. The summed E-state index contributed by atoms with van der Waals surface area (Å²) in [5.74, 6) is -0.814. The number of anilines is 6. The zero-order valence-electron chi connectivity index (χ0n) is 41.4. The number of halogens is 2. The van der Waals surface area contributed by atoms with Gasteiger partial charge in [0.2, 0.25) is 11.9 Å². The molecule has 11 rings (SSSR count). The Labute approximate surface area is 419 Å². The lowest BCUT2D eigenvalue weighted by molar-refractivity contribution is -0.121. The molecule has 1 atom stereocenters. The molecule has 0 spiro atoms. The zero-order chi connectivity index (χ0) is 49.6. The number of hydrogen-bond donors (Lipinski definition) is 3. The minimum Gasteiger partial charge on any atom is -0.371 e. The second kappa shape index (κ2) is 20.1. The molecule has 4 aliphatic rings. The van der Waals surface area contributed by atoms with E-state index in [1.165, 1.54) is 28.9 Å². The standard InChI is InChI=1S/C54H61F2N14OP/c1-6-34-27-47(68-20-16-36(17-21-68)66-22-24-67(25-23-66)38-31-69(32-38)37-28-40(55)50(41(56)29-37)39-12-15-49(71)60-33(39)3)35(7-2)26-45(34)62-54-59-30-48(70-46-11-9-8-10-42(46)64-65-70)53(63-54)61-44-14-13-43-51(52(44)72(4)5)58-19-18-57-43/h8-11,13-14,18-19,26-30,36,38-39H,3,6-7,12,15-17,20-25,31-32H2,1-2,4-5H3,(H,60,71)(H2,59,61,62,63). The van der Waals surface area contributed by atoms with Crippen LogP contribution in [-0.2, 0) is 17.6 Å². The second-order valence-corrected chi connectivity index (χ2v) is 21.9. The number of benzene rings is 4. The van der Waals surface area contributed by atoms with E-state index in [1.807, 2.05) is 30.3 Å². The van der Waals surface area contributed by atoms with Gasteiger partial charge in [-0.3, -0.25) is 24.6 Å². The molecule has 0 aliphatic carbocycles. The summed E-state index contributed by atoms with van der Waals surface area (Å²) in [5, 5.41) is 20.1. The molecule has 4 saturated heterocycles. The number of allylic oxidation sites excluding steroid dienone is 1. The average molecular weight is 991 g/mol. The van der Waals surface area contributed by atoms with Crippen molar-refractivity contribution in [2.24, 2.45) is 0 Å². The molecule has 1 unspecified atom stereocenters. The maximum Gasteiger partial charge on any atom is 0.229 e. The first-order chi connectivity index (χ1) is 35.0. The van der Waals surface area contributed by atoms with Crippen molar-refractivity contribution in [3.8, 4) is 5.69 Å². The third-order valence-corrected chi connectivity index (χ3v) is 16.5. The number of rotatable bonds is 13. The lowest BCUT2D eigenvalue weighted by Crippen LogP contribution is -2.64. The molecular weight excluding hydrogens is 930 g/mol. The van der Waals surface area contributed by atoms with Gasteiger partial charge in [0.1, 0.15) is 22.8 Å². The number of nitrogens with zero attached hydrogens (tertiary/aromatic N) is 11. The fraction of sp³-hybridized carbons (Fsp3) is 0.389. The molecule has 15 nitrogen and oxygen atoms in total. The van der Waals surface area contributed by atoms with Crippen LogP contribution in [0.4, 0.5) is 43.3 Å². The normalized spacial score (nSPS) is 18.6. The molecular formula is C54H61F2N14OP. The number of amides is 1. The summed E-state index contributed by atoms with van der Waals surface area (Å²) >= 11 is 0. The van der Waals surface area contributed by atoms with Crippen LogP contribution in [0.25, 0.3) is 27.8 Å². The van der Waals surface area contributed by atoms with E-state index in [0.717, 1.165) is 117 Å². The van der Waals surface area contributed by atoms with Gasteiger partial charge in [-0.25, -0.2) is 18.4 Å². The molecule has 7 heterocycles. The van der Waals surface area contributed by atoms with Gasteiger partial charge in [0.15, 0.2) is 5.82 Å². The van der Waals surface area contributed by atoms with Gasteiger partial charge in [-0.2, -0.15) is 4.98 Å². The van der Waals surface area contributed by atoms with Crippen LogP contribution in [0.2, 0.25) is 0 Å². The summed E-state index contributed by atoms with van der Waals surface area (Å²) in [5.41, 5.74) is 10.6. The van der Waals surface area contributed by atoms with E-state index in [9.17, 15) is 4.79 Å². The number of aromatic nitrogens is 7. The van der Waals surface area contributed by atoms with Gasteiger partial charge in [0, 0.05) is 128 Å². The van der Waals surface area contributed by atoms with E-state index >= 15 is 8.78 Å². The van der Waals surface area contributed by atoms with E-state index in [4.69, 9.17) is 15.0 Å². The Morgan fingerprint density at radius 3 is 2.21 bits per heavy atom. The molecule has 4 aromatic carbocycles. The van der Waals surface area contributed by atoms with Gasteiger partial charge in [0.25, 0.3) is 0 Å². The molecule has 3 aromatic heterocycles. The second-order valence-electron chi connectivity index (χ2n) is 19.6. The smallest absolute Gasteiger partial charge is 0.229 e. The number of hydrogen-bond acceptors (Lipinski definition) is 13. The number of piperidine rings is 2. The Morgan fingerprint density at radius 2 is 1.49 bits per heavy atom. The number of piperazine rings is 1. The first kappa shape index (κ1) is 47.6. The first-order valence-corrected chi connectivity index (χ1v) is 27.5. The highest BCUT2D eigenvalue weighted by atomic mass is 31.1. The molecule has 0 saturated carbocycles. The summed E-state index contributed by atoms with van der Waals surface area (Å²) < 4.78 is 32.5. The number of fused-ring (bicyclic) bond motifs is 2. The Hall–Kier alpha value is -6.68. The van der Waals surface area contributed by atoms with Crippen LogP contribution in [0.3, 0.4) is 0 Å². The van der Waals surface area contributed by atoms with Crippen LogP contribution in [0.5, 0.6) is 0 Å². The lowest BCUT2D eigenvalue weighted by atomic mass is 9.87. The average Bonchev–Trinajstić information content (AvgIpc) is 3.80. The Bertz CT molecular complexity index is 3160. The summed E-state index contributed by atoms with van der Waals surface area (Å²) in [6.07, 6.45) is 9.79. The van der Waals surface area contributed by atoms with Crippen molar-refractivity contribution in [1.29, 1.82) is 0 Å². The molecule has 4 fully saturated rings. The Balaban J connectivity index is 0.742. The first-order valence-electron chi connectivity index (χ1n) is 25.3. The van der Waals surface area contributed by atoms with Gasteiger partial charge in [0.05, 0.1) is 22.7 Å².